The topological polar surface area (TPSA) is 50.8 Å². The number of hydrogen-bond donors (Lipinski definition) is 0. The fourth-order valence-electron chi connectivity index (χ4n) is 1.35. The Kier molecular flexibility index (Phi) is 3.49. The summed E-state index contributed by atoms with van der Waals surface area (Å²) in [6, 6.07) is 13.2. The lowest BCUT2D eigenvalue weighted by Gasteiger charge is -2.17. The molecular formula is C12H11N3. The third-order valence-corrected chi connectivity index (χ3v) is 1.95. The van der Waals surface area contributed by atoms with E-state index in [4.69, 9.17) is 10.5 Å². The number of hydrogen-bond acceptors (Lipinski definition) is 3. The van der Waals surface area contributed by atoms with Crippen molar-refractivity contribution in [1.82, 2.24) is 4.90 Å². The number of rotatable bonds is 2. The van der Waals surface area contributed by atoms with E-state index in [2.05, 4.69) is 0 Å². The number of allylic oxidation sites excluding steroid dienone is 1. The Labute approximate surface area is 89.5 Å². The molecule has 0 aromatic heterocycles. The summed E-state index contributed by atoms with van der Waals surface area (Å²) in [7, 11) is 3.63. The van der Waals surface area contributed by atoms with Crippen molar-refractivity contribution in [2.45, 2.75) is 0 Å². The van der Waals surface area contributed by atoms with Crippen LogP contribution in [0.25, 0.3) is 5.70 Å². The van der Waals surface area contributed by atoms with Gasteiger partial charge in [-0.25, -0.2) is 0 Å². The van der Waals surface area contributed by atoms with Crippen LogP contribution in [-0.4, -0.2) is 19.0 Å². The summed E-state index contributed by atoms with van der Waals surface area (Å²) in [5, 5.41) is 17.7. The molecule has 0 fully saturated rings. The van der Waals surface area contributed by atoms with E-state index >= 15 is 0 Å². The van der Waals surface area contributed by atoms with Crippen molar-refractivity contribution in [2.24, 2.45) is 0 Å². The van der Waals surface area contributed by atoms with Crippen LogP contribution in [0.5, 0.6) is 0 Å². The molecule has 3 nitrogen and oxygen atoms in total. The van der Waals surface area contributed by atoms with Crippen LogP contribution in [0, 0.1) is 22.7 Å². The van der Waals surface area contributed by atoms with E-state index in [1.165, 1.54) is 0 Å². The van der Waals surface area contributed by atoms with E-state index < -0.39 is 0 Å². The summed E-state index contributed by atoms with van der Waals surface area (Å²) in [6.45, 7) is 0. The van der Waals surface area contributed by atoms with Gasteiger partial charge in [-0.15, -0.1) is 0 Å². The van der Waals surface area contributed by atoms with Crippen LogP contribution < -0.4 is 0 Å². The smallest absolute Gasteiger partial charge is 0.153 e. The van der Waals surface area contributed by atoms with Gasteiger partial charge in [0.25, 0.3) is 0 Å². The first kappa shape index (κ1) is 10.8. The summed E-state index contributed by atoms with van der Waals surface area (Å²) in [6.07, 6.45) is 0. The molecule has 15 heavy (non-hydrogen) atoms. The van der Waals surface area contributed by atoms with Crippen molar-refractivity contribution in [3.05, 3.63) is 41.5 Å². The zero-order valence-electron chi connectivity index (χ0n) is 8.73. The van der Waals surface area contributed by atoms with Crippen LogP contribution in [-0.2, 0) is 0 Å². The maximum Gasteiger partial charge on any atom is 0.153 e. The molecule has 0 aliphatic carbocycles. The second kappa shape index (κ2) is 4.83. The van der Waals surface area contributed by atoms with Gasteiger partial charge in [-0.1, -0.05) is 30.3 Å². The first-order valence-electron chi connectivity index (χ1n) is 4.48. The second-order valence-electron chi connectivity index (χ2n) is 3.21. The zero-order valence-corrected chi connectivity index (χ0v) is 8.73. The van der Waals surface area contributed by atoms with Gasteiger partial charge in [0.15, 0.2) is 5.57 Å². The summed E-state index contributed by atoms with van der Waals surface area (Å²) < 4.78 is 0. The molecule has 0 bridgehead atoms. The predicted molar refractivity (Wildman–Crippen MR) is 58.3 cm³/mol. The number of nitrogens with zero attached hydrogens (tertiary/aromatic N) is 3. The number of nitriles is 2. The lowest BCUT2D eigenvalue weighted by atomic mass is 10.1. The fraction of sp³-hybridized carbons (Fsp3) is 0.167. The van der Waals surface area contributed by atoms with Gasteiger partial charge in [0.2, 0.25) is 0 Å². The second-order valence-corrected chi connectivity index (χ2v) is 3.21. The van der Waals surface area contributed by atoms with E-state index in [-0.39, 0.29) is 5.57 Å². The Hall–Kier alpha value is -2.26. The summed E-state index contributed by atoms with van der Waals surface area (Å²) in [4.78, 5) is 1.77. The van der Waals surface area contributed by atoms with Crippen molar-refractivity contribution in [3.63, 3.8) is 0 Å². The SMILES string of the molecule is CN(C)C(=C(C#N)C#N)c1ccccc1. The van der Waals surface area contributed by atoms with Crippen molar-refractivity contribution in [3.8, 4) is 12.1 Å². The molecule has 0 aliphatic heterocycles. The van der Waals surface area contributed by atoms with Gasteiger partial charge in [-0.3, -0.25) is 0 Å². The van der Waals surface area contributed by atoms with Crippen LogP contribution in [0.2, 0.25) is 0 Å². The van der Waals surface area contributed by atoms with Crippen molar-refractivity contribution < 1.29 is 0 Å². The quantitative estimate of drug-likeness (QED) is 0.681. The average Bonchev–Trinajstić information content (AvgIpc) is 2.26. The van der Waals surface area contributed by atoms with Crippen molar-refractivity contribution >= 4 is 5.70 Å². The summed E-state index contributed by atoms with van der Waals surface area (Å²) >= 11 is 0. The third kappa shape index (κ3) is 2.36. The first-order chi connectivity index (χ1) is 7.20. The molecule has 74 valence electrons. The Morgan fingerprint density at radius 3 is 2.00 bits per heavy atom. The highest BCUT2D eigenvalue weighted by Crippen LogP contribution is 2.19. The highest BCUT2D eigenvalue weighted by Gasteiger charge is 2.10. The summed E-state index contributed by atoms with van der Waals surface area (Å²) in [5.74, 6) is 0. The van der Waals surface area contributed by atoms with E-state index in [1.54, 1.807) is 4.90 Å². The molecule has 0 atom stereocenters. The van der Waals surface area contributed by atoms with Crippen molar-refractivity contribution in [2.75, 3.05) is 14.1 Å². The lowest BCUT2D eigenvalue weighted by molar-refractivity contribution is 0.590. The van der Waals surface area contributed by atoms with Crippen LogP contribution in [0.3, 0.4) is 0 Å². The molecule has 1 aromatic rings. The maximum absolute atomic E-state index is 8.85. The predicted octanol–water partition coefficient (Wildman–Crippen LogP) is 2.01. The van der Waals surface area contributed by atoms with E-state index in [1.807, 2.05) is 56.6 Å². The van der Waals surface area contributed by atoms with E-state index in [0.29, 0.717) is 5.70 Å². The van der Waals surface area contributed by atoms with Gasteiger partial charge in [0.05, 0.1) is 5.70 Å². The largest absolute Gasteiger partial charge is 0.376 e. The van der Waals surface area contributed by atoms with Gasteiger partial charge in [-0.2, -0.15) is 10.5 Å². The van der Waals surface area contributed by atoms with E-state index in [0.717, 1.165) is 5.56 Å². The Morgan fingerprint density at radius 1 is 1.07 bits per heavy atom. The van der Waals surface area contributed by atoms with Gasteiger partial charge in [0.1, 0.15) is 12.1 Å². The average molecular weight is 197 g/mol. The van der Waals surface area contributed by atoms with E-state index in [9.17, 15) is 0 Å². The Morgan fingerprint density at radius 2 is 1.60 bits per heavy atom. The molecule has 0 heterocycles. The van der Waals surface area contributed by atoms with Crippen LogP contribution >= 0.6 is 0 Å². The summed E-state index contributed by atoms with van der Waals surface area (Å²) in [5.41, 5.74) is 1.66. The molecule has 0 spiro atoms. The molecule has 1 aromatic carbocycles. The van der Waals surface area contributed by atoms with Gasteiger partial charge in [0, 0.05) is 14.1 Å². The lowest BCUT2D eigenvalue weighted by Crippen LogP contribution is -2.11. The van der Waals surface area contributed by atoms with Gasteiger partial charge in [-0.05, 0) is 5.56 Å². The maximum atomic E-state index is 8.85. The van der Waals surface area contributed by atoms with Crippen molar-refractivity contribution in [1.29, 1.82) is 10.5 Å². The monoisotopic (exact) mass is 197 g/mol. The minimum Gasteiger partial charge on any atom is -0.376 e. The van der Waals surface area contributed by atoms with Gasteiger partial charge >= 0.3 is 0 Å². The molecule has 0 N–H and O–H groups in total. The molecule has 0 radical (unpaired) electrons. The molecule has 1 rings (SSSR count). The van der Waals surface area contributed by atoms with Gasteiger partial charge < -0.3 is 4.90 Å². The number of benzene rings is 1. The molecule has 0 saturated carbocycles. The molecule has 0 saturated heterocycles. The van der Waals surface area contributed by atoms with Crippen LogP contribution in [0.15, 0.2) is 35.9 Å². The first-order valence-corrected chi connectivity index (χ1v) is 4.48. The minimum atomic E-state index is 0.131. The Balaban J connectivity index is 3.36. The normalized spacial score (nSPS) is 8.53. The van der Waals surface area contributed by atoms with Crippen LogP contribution in [0.1, 0.15) is 5.56 Å². The minimum absolute atomic E-state index is 0.131. The molecular weight excluding hydrogens is 186 g/mol. The fourth-order valence-corrected chi connectivity index (χ4v) is 1.35. The zero-order chi connectivity index (χ0) is 11.3. The Bertz CT molecular complexity index is 428. The highest BCUT2D eigenvalue weighted by molar-refractivity contribution is 5.73. The molecule has 3 heteroatoms. The third-order valence-electron chi connectivity index (χ3n) is 1.95. The molecule has 0 amide bonds. The molecule has 0 unspecified atom stereocenters. The van der Waals surface area contributed by atoms with Crippen LogP contribution in [0.4, 0.5) is 0 Å². The standard InChI is InChI=1S/C12H11N3/c1-15(2)12(11(8-13)9-14)10-6-4-3-5-7-10/h3-7H,1-2H3. The highest BCUT2D eigenvalue weighted by atomic mass is 15.1. The molecule has 0 aliphatic rings.